The summed E-state index contributed by atoms with van der Waals surface area (Å²) in [5.74, 6) is 10.3. The number of aromatic nitrogens is 3. The lowest BCUT2D eigenvalue weighted by Crippen LogP contribution is -2.12. The van der Waals surface area contributed by atoms with Crippen LogP contribution in [0, 0.1) is 0 Å². The standard InChI is InChI=1S/C21H26N4O4S/c1-4-11-28-16-6-8-17(9-7-16)29-12-13-30-21-24-23-20(25(21)22)15-5-10-18(26-2)19(14-15)27-3/h5-10,14H,4,11-13,22H2,1-3H3. The van der Waals surface area contributed by atoms with Crippen molar-refractivity contribution in [3.63, 3.8) is 0 Å². The van der Waals surface area contributed by atoms with Gasteiger partial charge >= 0.3 is 0 Å². The highest BCUT2D eigenvalue weighted by Crippen LogP contribution is 2.32. The monoisotopic (exact) mass is 430 g/mol. The maximum absolute atomic E-state index is 6.19. The Morgan fingerprint density at radius 2 is 1.57 bits per heavy atom. The maximum atomic E-state index is 6.19. The van der Waals surface area contributed by atoms with Gasteiger partial charge in [-0.25, -0.2) is 4.68 Å². The second-order valence-electron chi connectivity index (χ2n) is 6.26. The normalized spacial score (nSPS) is 10.6. The first-order valence-electron chi connectivity index (χ1n) is 9.57. The Bertz CT molecular complexity index is 947. The van der Waals surface area contributed by atoms with Crippen LogP contribution in [0.3, 0.4) is 0 Å². The second-order valence-corrected chi connectivity index (χ2v) is 7.32. The first-order valence-corrected chi connectivity index (χ1v) is 10.6. The molecule has 0 bridgehead atoms. The number of ether oxygens (including phenoxy) is 4. The van der Waals surface area contributed by atoms with Crippen LogP contribution in [0.25, 0.3) is 11.4 Å². The van der Waals surface area contributed by atoms with Crippen LogP contribution in [-0.4, -0.2) is 48.1 Å². The van der Waals surface area contributed by atoms with E-state index in [1.807, 2.05) is 42.5 Å². The fourth-order valence-electron chi connectivity index (χ4n) is 2.69. The lowest BCUT2D eigenvalue weighted by Gasteiger charge is -2.09. The molecule has 0 atom stereocenters. The number of nitrogen functional groups attached to an aromatic ring is 1. The van der Waals surface area contributed by atoms with Gasteiger partial charge in [0.25, 0.3) is 0 Å². The minimum Gasteiger partial charge on any atom is -0.494 e. The first-order chi connectivity index (χ1) is 14.7. The zero-order valence-corrected chi connectivity index (χ0v) is 18.1. The average Bonchev–Trinajstić information content (AvgIpc) is 3.15. The molecule has 0 saturated carbocycles. The number of nitrogens with two attached hydrogens (primary N) is 1. The van der Waals surface area contributed by atoms with Crippen LogP contribution in [0.1, 0.15) is 13.3 Å². The Balaban J connectivity index is 1.54. The Morgan fingerprint density at radius 1 is 0.900 bits per heavy atom. The molecule has 9 heteroatoms. The molecule has 1 heterocycles. The van der Waals surface area contributed by atoms with Crippen molar-refractivity contribution >= 4 is 11.8 Å². The molecule has 30 heavy (non-hydrogen) atoms. The number of methoxy groups -OCH3 is 2. The van der Waals surface area contributed by atoms with E-state index in [0.717, 1.165) is 23.5 Å². The van der Waals surface area contributed by atoms with Crippen molar-refractivity contribution in [1.29, 1.82) is 0 Å². The predicted molar refractivity (Wildman–Crippen MR) is 117 cm³/mol. The summed E-state index contributed by atoms with van der Waals surface area (Å²) < 4.78 is 23.4. The SMILES string of the molecule is CCCOc1ccc(OCCSc2nnc(-c3ccc(OC)c(OC)c3)n2N)cc1. The number of benzene rings is 2. The molecule has 0 fully saturated rings. The topological polar surface area (TPSA) is 93.6 Å². The van der Waals surface area contributed by atoms with E-state index in [2.05, 4.69) is 17.1 Å². The Labute approximate surface area is 180 Å². The highest BCUT2D eigenvalue weighted by atomic mass is 32.2. The molecule has 0 spiro atoms. The van der Waals surface area contributed by atoms with Gasteiger partial charge in [-0.05, 0) is 48.9 Å². The summed E-state index contributed by atoms with van der Waals surface area (Å²) in [4.78, 5) is 0. The zero-order valence-electron chi connectivity index (χ0n) is 17.3. The molecular weight excluding hydrogens is 404 g/mol. The van der Waals surface area contributed by atoms with Crippen molar-refractivity contribution in [3.8, 4) is 34.4 Å². The van der Waals surface area contributed by atoms with E-state index in [1.54, 1.807) is 14.2 Å². The summed E-state index contributed by atoms with van der Waals surface area (Å²) in [6, 6.07) is 13.1. The number of hydrogen-bond acceptors (Lipinski definition) is 8. The van der Waals surface area contributed by atoms with Crippen molar-refractivity contribution in [2.75, 3.05) is 39.0 Å². The molecule has 0 aliphatic heterocycles. The van der Waals surface area contributed by atoms with Crippen molar-refractivity contribution < 1.29 is 18.9 Å². The average molecular weight is 431 g/mol. The van der Waals surface area contributed by atoms with Gasteiger partial charge in [-0.1, -0.05) is 18.7 Å². The minimum absolute atomic E-state index is 0.512. The third kappa shape index (κ3) is 5.29. The van der Waals surface area contributed by atoms with Crippen molar-refractivity contribution in [2.24, 2.45) is 0 Å². The fourth-order valence-corrected chi connectivity index (χ4v) is 3.37. The molecular formula is C21H26N4O4S. The zero-order chi connectivity index (χ0) is 21.3. The van der Waals surface area contributed by atoms with Crippen LogP contribution in [0.5, 0.6) is 23.0 Å². The largest absolute Gasteiger partial charge is 0.494 e. The summed E-state index contributed by atoms with van der Waals surface area (Å²) in [6.45, 7) is 3.30. The highest BCUT2D eigenvalue weighted by Gasteiger charge is 2.14. The molecule has 0 radical (unpaired) electrons. The van der Waals surface area contributed by atoms with Crippen LogP contribution in [-0.2, 0) is 0 Å². The molecule has 3 rings (SSSR count). The van der Waals surface area contributed by atoms with Crippen LogP contribution in [0.15, 0.2) is 47.6 Å². The molecule has 1 aromatic heterocycles. The van der Waals surface area contributed by atoms with Gasteiger partial charge in [-0.3, -0.25) is 0 Å². The lowest BCUT2D eigenvalue weighted by molar-refractivity contribution is 0.314. The Kier molecular flexibility index (Phi) is 7.67. The number of hydrogen-bond donors (Lipinski definition) is 1. The number of thioether (sulfide) groups is 1. The fraction of sp³-hybridized carbons (Fsp3) is 0.333. The molecule has 0 unspecified atom stereocenters. The lowest BCUT2D eigenvalue weighted by atomic mass is 10.2. The Hall–Kier alpha value is -3.07. The molecule has 160 valence electrons. The van der Waals surface area contributed by atoms with Gasteiger partial charge in [0.1, 0.15) is 11.5 Å². The van der Waals surface area contributed by atoms with E-state index in [9.17, 15) is 0 Å². The van der Waals surface area contributed by atoms with Gasteiger partial charge in [0.15, 0.2) is 17.3 Å². The van der Waals surface area contributed by atoms with E-state index in [-0.39, 0.29) is 0 Å². The summed E-state index contributed by atoms with van der Waals surface area (Å²) in [5.41, 5.74) is 0.788. The van der Waals surface area contributed by atoms with Crippen molar-refractivity contribution in [2.45, 2.75) is 18.5 Å². The van der Waals surface area contributed by atoms with Crippen molar-refractivity contribution in [3.05, 3.63) is 42.5 Å². The van der Waals surface area contributed by atoms with Gasteiger partial charge in [-0.2, -0.15) is 0 Å². The quantitative estimate of drug-likeness (QED) is 0.280. The van der Waals surface area contributed by atoms with Gasteiger partial charge in [-0.15, -0.1) is 10.2 Å². The molecule has 8 nitrogen and oxygen atoms in total. The van der Waals surface area contributed by atoms with Crippen LogP contribution in [0.4, 0.5) is 0 Å². The summed E-state index contributed by atoms with van der Waals surface area (Å²) in [7, 11) is 3.18. The second kappa shape index (κ2) is 10.6. The molecule has 2 aromatic carbocycles. The van der Waals surface area contributed by atoms with E-state index in [0.29, 0.717) is 41.4 Å². The van der Waals surface area contributed by atoms with Crippen LogP contribution < -0.4 is 24.8 Å². The van der Waals surface area contributed by atoms with E-state index in [4.69, 9.17) is 24.8 Å². The van der Waals surface area contributed by atoms with Gasteiger partial charge in [0.05, 0.1) is 27.4 Å². The van der Waals surface area contributed by atoms with Gasteiger partial charge < -0.3 is 24.8 Å². The molecule has 0 saturated heterocycles. The van der Waals surface area contributed by atoms with E-state index in [1.165, 1.54) is 16.4 Å². The summed E-state index contributed by atoms with van der Waals surface area (Å²) in [5, 5.41) is 8.99. The highest BCUT2D eigenvalue weighted by molar-refractivity contribution is 7.99. The summed E-state index contributed by atoms with van der Waals surface area (Å²) >= 11 is 1.47. The molecule has 2 N–H and O–H groups in total. The van der Waals surface area contributed by atoms with Gasteiger partial charge in [0.2, 0.25) is 5.16 Å². The minimum atomic E-state index is 0.512. The molecule has 0 amide bonds. The molecule has 0 aliphatic rings. The molecule has 0 aliphatic carbocycles. The van der Waals surface area contributed by atoms with E-state index < -0.39 is 0 Å². The van der Waals surface area contributed by atoms with Crippen molar-refractivity contribution in [1.82, 2.24) is 14.9 Å². The van der Waals surface area contributed by atoms with Crippen LogP contribution in [0.2, 0.25) is 0 Å². The molecule has 3 aromatic rings. The number of nitrogens with zero attached hydrogens (tertiary/aromatic N) is 3. The Morgan fingerprint density at radius 3 is 2.20 bits per heavy atom. The van der Waals surface area contributed by atoms with Gasteiger partial charge in [0, 0.05) is 11.3 Å². The third-order valence-corrected chi connectivity index (χ3v) is 5.09. The smallest absolute Gasteiger partial charge is 0.210 e. The predicted octanol–water partition coefficient (Wildman–Crippen LogP) is 3.64. The first kappa shape index (κ1) is 21.6. The summed E-state index contributed by atoms with van der Waals surface area (Å²) in [6.07, 6.45) is 0.981. The van der Waals surface area contributed by atoms with E-state index >= 15 is 0 Å². The third-order valence-electron chi connectivity index (χ3n) is 4.19. The van der Waals surface area contributed by atoms with Crippen LogP contribution >= 0.6 is 11.8 Å². The number of rotatable bonds is 11. The maximum Gasteiger partial charge on any atom is 0.210 e.